The lowest BCUT2D eigenvalue weighted by Gasteiger charge is -2.11. The van der Waals surface area contributed by atoms with Crippen LogP contribution in [0.4, 0.5) is 13.2 Å². The second kappa shape index (κ2) is 5.42. The van der Waals surface area contributed by atoms with Gasteiger partial charge in [-0.2, -0.15) is 18.3 Å². The van der Waals surface area contributed by atoms with Gasteiger partial charge in [-0.3, -0.25) is 0 Å². The highest BCUT2D eigenvalue weighted by Crippen LogP contribution is 2.32. The molecular formula is C15H13F3N4. The van der Waals surface area contributed by atoms with Crippen molar-refractivity contribution in [3.05, 3.63) is 65.1 Å². The van der Waals surface area contributed by atoms with Gasteiger partial charge in [-0.05, 0) is 17.7 Å². The zero-order valence-corrected chi connectivity index (χ0v) is 11.5. The molecule has 114 valence electrons. The van der Waals surface area contributed by atoms with Gasteiger partial charge in [0.1, 0.15) is 0 Å². The largest absolute Gasteiger partial charge is 0.416 e. The number of rotatable bonds is 3. The summed E-state index contributed by atoms with van der Waals surface area (Å²) in [6.07, 6.45) is -2.68. The van der Waals surface area contributed by atoms with Crippen LogP contribution < -0.4 is 5.73 Å². The number of alkyl halides is 3. The molecule has 0 spiro atoms. The number of aromatic nitrogens is 3. The fourth-order valence-corrected chi connectivity index (χ4v) is 2.36. The van der Waals surface area contributed by atoms with Crippen LogP contribution in [0, 0.1) is 0 Å². The van der Waals surface area contributed by atoms with E-state index in [1.807, 2.05) is 6.07 Å². The van der Waals surface area contributed by atoms with Gasteiger partial charge >= 0.3 is 6.18 Å². The summed E-state index contributed by atoms with van der Waals surface area (Å²) in [5, 5.41) is 4.22. The third-order valence-electron chi connectivity index (χ3n) is 3.38. The second-order valence-electron chi connectivity index (χ2n) is 4.87. The Hall–Kier alpha value is -2.41. The molecule has 3 aromatic rings. The number of nitrogens with zero attached hydrogens (tertiary/aromatic N) is 3. The van der Waals surface area contributed by atoms with Crippen molar-refractivity contribution >= 4 is 5.65 Å². The molecule has 7 heteroatoms. The van der Waals surface area contributed by atoms with Gasteiger partial charge in [0, 0.05) is 24.7 Å². The van der Waals surface area contributed by atoms with Crippen molar-refractivity contribution in [3.8, 4) is 0 Å². The van der Waals surface area contributed by atoms with Gasteiger partial charge in [0.05, 0.1) is 5.56 Å². The van der Waals surface area contributed by atoms with Crippen LogP contribution in [0.3, 0.4) is 0 Å². The lowest BCUT2D eigenvalue weighted by atomic mass is 10.0. The predicted molar refractivity (Wildman–Crippen MR) is 75.1 cm³/mol. The van der Waals surface area contributed by atoms with Crippen LogP contribution in [0.15, 0.2) is 42.6 Å². The van der Waals surface area contributed by atoms with E-state index >= 15 is 0 Å². The highest BCUT2D eigenvalue weighted by Gasteiger charge is 2.33. The van der Waals surface area contributed by atoms with Crippen molar-refractivity contribution in [3.63, 3.8) is 0 Å². The van der Waals surface area contributed by atoms with Crippen LogP contribution in [0.2, 0.25) is 0 Å². The first-order chi connectivity index (χ1) is 10.5. The second-order valence-corrected chi connectivity index (χ2v) is 4.87. The Bertz CT molecular complexity index is 808. The molecule has 0 bridgehead atoms. The van der Waals surface area contributed by atoms with E-state index in [1.54, 1.807) is 18.3 Å². The third kappa shape index (κ3) is 2.67. The lowest BCUT2D eigenvalue weighted by Crippen LogP contribution is -2.09. The van der Waals surface area contributed by atoms with Gasteiger partial charge in [-0.15, -0.1) is 0 Å². The van der Waals surface area contributed by atoms with Crippen LogP contribution in [-0.4, -0.2) is 14.6 Å². The zero-order chi connectivity index (χ0) is 15.7. The highest BCUT2D eigenvalue weighted by atomic mass is 19.4. The summed E-state index contributed by atoms with van der Waals surface area (Å²) < 4.78 is 40.6. The molecule has 0 atom stereocenters. The van der Waals surface area contributed by atoms with Gasteiger partial charge in [0.25, 0.3) is 0 Å². The summed E-state index contributed by atoms with van der Waals surface area (Å²) in [7, 11) is 0. The van der Waals surface area contributed by atoms with Crippen LogP contribution in [0.5, 0.6) is 0 Å². The molecule has 0 unspecified atom stereocenters. The van der Waals surface area contributed by atoms with Gasteiger partial charge < -0.3 is 5.73 Å². The summed E-state index contributed by atoms with van der Waals surface area (Å²) in [5.74, 6) is 0.331. The van der Waals surface area contributed by atoms with Gasteiger partial charge in [-0.1, -0.05) is 24.3 Å². The maximum absolute atomic E-state index is 13.0. The molecule has 2 aromatic heterocycles. The van der Waals surface area contributed by atoms with Gasteiger partial charge in [0.15, 0.2) is 11.5 Å². The summed E-state index contributed by atoms with van der Waals surface area (Å²) in [5.41, 5.74) is 6.49. The van der Waals surface area contributed by atoms with E-state index in [4.69, 9.17) is 5.73 Å². The van der Waals surface area contributed by atoms with E-state index in [9.17, 15) is 13.2 Å². The number of hydrogen-bond acceptors (Lipinski definition) is 3. The number of halogens is 3. The minimum absolute atomic E-state index is 0.0153. The SMILES string of the molecule is NCc1cccn2nc(Cc3ccccc3C(F)(F)F)nc12. The molecule has 2 heterocycles. The Morgan fingerprint density at radius 2 is 1.77 bits per heavy atom. The van der Waals surface area contributed by atoms with Gasteiger partial charge in [-0.25, -0.2) is 9.50 Å². The van der Waals surface area contributed by atoms with E-state index in [0.29, 0.717) is 18.0 Å². The van der Waals surface area contributed by atoms with E-state index in [2.05, 4.69) is 10.1 Å². The molecule has 0 aliphatic heterocycles. The average molecular weight is 306 g/mol. The van der Waals surface area contributed by atoms with Crippen LogP contribution in [0.1, 0.15) is 22.5 Å². The summed E-state index contributed by atoms with van der Waals surface area (Å²) in [6.45, 7) is 0.293. The Morgan fingerprint density at radius 1 is 1.05 bits per heavy atom. The fraction of sp³-hybridized carbons (Fsp3) is 0.200. The monoisotopic (exact) mass is 306 g/mol. The quantitative estimate of drug-likeness (QED) is 0.809. The molecule has 0 saturated carbocycles. The van der Waals surface area contributed by atoms with E-state index in [-0.39, 0.29) is 12.0 Å². The first-order valence-electron chi connectivity index (χ1n) is 6.67. The normalized spacial score (nSPS) is 12.0. The fourth-order valence-electron chi connectivity index (χ4n) is 2.36. The molecule has 0 fully saturated rings. The summed E-state index contributed by atoms with van der Waals surface area (Å²) in [4.78, 5) is 4.31. The Morgan fingerprint density at radius 3 is 2.50 bits per heavy atom. The van der Waals surface area contributed by atoms with Crippen LogP contribution in [-0.2, 0) is 19.1 Å². The van der Waals surface area contributed by atoms with Crippen molar-refractivity contribution in [2.45, 2.75) is 19.1 Å². The molecular weight excluding hydrogens is 293 g/mol. The van der Waals surface area contributed by atoms with Crippen molar-refractivity contribution in [1.82, 2.24) is 14.6 Å². The molecule has 0 aliphatic carbocycles. The van der Waals surface area contributed by atoms with Crippen molar-refractivity contribution in [1.29, 1.82) is 0 Å². The number of benzene rings is 1. The van der Waals surface area contributed by atoms with E-state index in [0.717, 1.165) is 11.6 Å². The average Bonchev–Trinajstić information content (AvgIpc) is 2.88. The highest BCUT2D eigenvalue weighted by molar-refractivity contribution is 5.47. The van der Waals surface area contributed by atoms with Crippen molar-refractivity contribution in [2.24, 2.45) is 5.73 Å². The maximum Gasteiger partial charge on any atom is 0.416 e. The maximum atomic E-state index is 13.0. The summed E-state index contributed by atoms with van der Waals surface area (Å²) in [6, 6.07) is 9.05. The molecule has 3 rings (SSSR count). The van der Waals surface area contributed by atoms with Crippen molar-refractivity contribution in [2.75, 3.05) is 0 Å². The first-order valence-corrected chi connectivity index (χ1v) is 6.67. The number of hydrogen-bond donors (Lipinski definition) is 1. The van der Waals surface area contributed by atoms with Crippen LogP contribution in [0.25, 0.3) is 5.65 Å². The molecule has 1 aromatic carbocycles. The smallest absolute Gasteiger partial charge is 0.326 e. The Labute approximate surface area is 124 Å². The number of fused-ring (bicyclic) bond motifs is 1. The Kier molecular flexibility index (Phi) is 3.58. The summed E-state index contributed by atoms with van der Waals surface area (Å²) >= 11 is 0. The predicted octanol–water partition coefficient (Wildman–Crippen LogP) is 2.80. The topological polar surface area (TPSA) is 56.2 Å². The first kappa shape index (κ1) is 14.5. The zero-order valence-electron chi connectivity index (χ0n) is 11.5. The molecule has 22 heavy (non-hydrogen) atoms. The number of nitrogens with two attached hydrogens (primary N) is 1. The molecule has 0 amide bonds. The minimum atomic E-state index is -4.39. The molecule has 0 saturated heterocycles. The molecule has 0 aliphatic rings. The van der Waals surface area contributed by atoms with Crippen LogP contribution >= 0.6 is 0 Å². The lowest BCUT2D eigenvalue weighted by molar-refractivity contribution is -0.138. The molecule has 2 N–H and O–H groups in total. The number of pyridine rings is 1. The van der Waals surface area contributed by atoms with Crippen molar-refractivity contribution < 1.29 is 13.2 Å². The van der Waals surface area contributed by atoms with Gasteiger partial charge in [0.2, 0.25) is 0 Å². The standard InChI is InChI=1S/C15H13F3N4/c16-15(17,18)12-6-2-1-4-10(12)8-13-20-14-11(9-19)5-3-7-22(14)21-13/h1-7H,8-9,19H2. The van der Waals surface area contributed by atoms with E-state index < -0.39 is 11.7 Å². The van der Waals surface area contributed by atoms with E-state index in [1.165, 1.54) is 16.6 Å². The minimum Gasteiger partial charge on any atom is -0.326 e. The Balaban J connectivity index is 2.01. The molecule has 0 radical (unpaired) electrons. The third-order valence-corrected chi connectivity index (χ3v) is 3.38. The molecule has 4 nitrogen and oxygen atoms in total.